The van der Waals surface area contributed by atoms with E-state index in [1.807, 2.05) is 36.4 Å². The number of aromatic nitrogens is 4. The van der Waals surface area contributed by atoms with Gasteiger partial charge in [-0.05, 0) is 42.3 Å². The Labute approximate surface area is 296 Å². The molecule has 0 unspecified atom stereocenters. The van der Waals surface area contributed by atoms with E-state index in [0.717, 1.165) is 100 Å². The van der Waals surface area contributed by atoms with Gasteiger partial charge in [-0.15, -0.1) is 0 Å². The Balaban J connectivity index is 1.11. The molecule has 4 aromatic heterocycles. The third-order valence-electron chi connectivity index (χ3n) is 9.58. The van der Waals surface area contributed by atoms with Crippen molar-refractivity contribution in [3.63, 3.8) is 0 Å². The Hall–Kier alpha value is -6.78. The summed E-state index contributed by atoms with van der Waals surface area (Å²) in [5, 5.41) is 3.22. The maximum atomic E-state index is 5.24. The van der Waals surface area contributed by atoms with Crippen molar-refractivity contribution >= 4 is 38.8 Å². The molecule has 0 fully saturated rings. The summed E-state index contributed by atoms with van der Waals surface area (Å²) < 4.78 is 0. The van der Waals surface area contributed by atoms with E-state index in [9.17, 15) is 0 Å². The zero-order valence-corrected chi connectivity index (χ0v) is 28.1. The highest BCUT2D eigenvalue weighted by Gasteiger charge is 2.19. The summed E-state index contributed by atoms with van der Waals surface area (Å²) in [5.74, 6) is 0. The van der Waals surface area contributed by atoms with E-state index in [1.165, 1.54) is 0 Å². The highest BCUT2D eigenvalue weighted by Crippen LogP contribution is 2.39. The molecule has 0 atom stereocenters. The van der Waals surface area contributed by atoms with Crippen molar-refractivity contribution in [2.24, 2.45) is 0 Å². The summed E-state index contributed by atoms with van der Waals surface area (Å²) in [4.78, 5) is 20.6. The van der Waals surface area contributed by atoms with Gasteiger partial charge in [-0.25, -0.2) is 19.9 Å². The van der Waals surface area contributed by atoms with Crippen LogP contribution in [0.2, 0.25) is 0 Å². The summed E-state index contributed by atoms with van der Waals surface area (Å²) in [6.45, 7) is 6.33. The molecular formula is C47H32N4. The van der Waals surface area contributed by atoms with Gasteiger partial charge < -0.3 is 0 Å². The molecule has 0 aliphatic carbocycles. The molecule has 9 rings (SSSR count). The minimum atomic E-state index is 0.829. The number of benzene rings is 5. The van der Waals surface area contributed by atoms with Crippen LogP contribution in [0.15, 0.2) is 164 Å². The summed E-state index contributed by atoms with van der Waals surface area (Å²) in [6, 6.07) is 54.4. The van der Waals surface area contributed by atoms with Gasteiger partial charge in [0.05, 0.1) is 45.0 Å². The van der Waals surface area contributed by atoms with Gasteiger partial charge in [0, 0.05) is 44.0 Å². The van der Waals surface area contributed by atoms with Crippen molar-refractivity contribution in [2.75, 3.05) is 0 Å². The first kappa shape index (κ1) is 30.3. The molecule has 4 heteroatoms. The molecule has 0 N–H and O–H groups in total. The quantitative estimate of drug-likeness (QED) is 0.168. The first-order chi connectivity index (χ1) is 25.1. The molecule has 51 heavy (non-hydrogen) atoms. The van der Waals surface area contributed by atoms with Crippen LogP contribution in [-0.2, 0) is 0 Å². The van der Waals surface area contributed by atoms with Gasteiger partial charge in [0.2, 0.25) is 0 Å². The van der Waals surface area contributed by atoms with Gasteiger partial charge >= 0.3 is 0 Å². The largest absolute Gasteiger partial charge is 0.246 e. The van der Waals surface area contributed by atoms with Crippen molar-refractivity contribution in [1.29, 1.82) is 0 Å². The topological polar surface area (TPSA) is 51.6 Å². The fourth-order valence-corrected chi connectivity index (χ4v) is 6.96. The van der Waals surface area contributed by atoms with Crippen molar-refractivity contribution in [2.45, 2.75) is 6.92 Å². The van der Waals surface area contributed by atoms with E-state index in [1.54, 1.807) is 0 Å². The van der Waals surface area contributed by atoms with Gasteiger partial charge in [-0.3, -0.25) is 0 Å². The van der Waals surface area contributed by atoms with Crippen LogP contribution < -0.4 is 0 Å². The Morgan fingerprint density at radius 3 is 1.53 bits per heavy atom. The number of fused-ring (bicyclic) bond motifs is 4. The van der Waals surface area contributed by atoms with Gasteiger partial charge in [0.1, 0.15) is 0 Å². The van der Waals surface area contributed by atoms with Crippen LogP contribution in [0.3, 0.4) is 0 Å². The number of nitrogens with zero attached hydrogens (tertiary/aromatic N) is 4. The standard InChI is InChI=1S/C47H32N4/c1-3-37-43(34-14-8-5-9-15-34)38-16-10-11-17-42(38)51-47(37)44-30(2)18-27-39(48-44)32-19-21-33(22-20-32)41-29-26-36-24-23-35-25-28-40(31-12-6-4-7-13-31)49-45(35)46(36)50-41/h3-29H,1H2,2H3. The fourth-order valence-electron chi connectivity index (χ4n) is 6.96. The van der Waals surface area contributed by atoms with Crippen LogP contribution in [0.25, 0.3) is 95.1 Å². The molecule has 9 aromatic rings. The van der Waals surface area contributed by atoms with Gasteiger partial charge in [-0.2, -0.15) is 0 Å². The molecule has 0 amide bonds. The average molecular weight is 653 g/mol. The smallest absolute Gasteiger partial charge is 0.0975 e. The van der Waals surface area contributed by atoms with Gasteiger partial charge in [-0.1, -0.05) is 146 Å². The molecule has 0 radical (unpaired) electrons. The van der Waals surface area contributed by atoms with E-state index < -0.39 is 0 Å². The van der Waals surface area contributed by atoms with Crippen molar-refractivity contribution < 1.29 is 0 Å². The molecule has 4 nitrogen and oxygen atoms in total. The number of rotatable bonds is 6. The second-order valence-corrected chi connectivity index (χ2v) is 12.7. The number of hydrogen-bond acceptors (Lipinski definition) is 4. The number of pyridine rings is 4. The Morgan fingerprint density at radius 2 is 0.922 bits per heavy atom. The first-order valence-corrected chi connectivity index (χ1v) is 17.1. The van der Waals surface area contributed by atoms with Crippen LogP contribution in [0.1, 0.15) is 11.1 Å². The lowest BCUT2D eigenvalue weighted by atomic mass is 9.92. The fraction of sp³-hybridized carbons (Fsp3) is 0.0213. The van der Waals surface area contributed by atoms with Crippen LogP contribution in [0.4, 0.5) is 0 Å². The number of para-hydroxylation sites is 1. The lowest BCUT2D eigenvalue weighted by Crippen LogP contribution is -2.00. The molecule has 0 bridgehead atoms. The maximum absolute atomic E-state index is 5.24. The molecule has 0 saturated carbocycles. The van der Waals surface area contributed by atoms with Gasteiger partial charge in [0.15, 0.2) is 0 Å². The minimum absolute atomic E-state index is 0.829. The van der Waals surface area contributed by atoms with Crippen LogP contribution >= 0.6 is 0 Å². The first-order valence-electron chi connectivity index (χ1n) is 17.1. The van der Waals surface area contributed by atoms with Crippen LogP contribution in [0.5, 0.6) is 0 Å². The summed E-state index contributed by atoms with van der Waals surface area (Å²) in [5.41, 5.74) is 14.5. The SMILES string of the molecule is C=Cc1c(-c2nc(-c3ccc(-c4ccc5ccc6ccc(-c7ccccc7)nc6c5n4)cc3)ccc2C)nc2ccccc2c1-c1ccccc1. The molecule has 5 aromatic carbocycles. The normalized spacial score (nSPS) is 11.3. The second-order valence-electron chi connectivity index (χ2n) is 12.7. The second kappa shape index (κ2) is 12.6. The lowest BCUT2D eigenvalue weighted by molar-refractivity contribution is 1.23. The van der Waals surface area contributed by atoms with E-state index in [0.29, 0.717) is 0 Å². The minimum Gasteiger partial charge on any atom is -0.246 e. The molecule has 4 heterocycles. The van der Waals surface area contributed by atoms with Crippen LogP contribution in [-0.4, -0.2) is 19.9 Å². The summed E-state index contributed by atoms with van der Waals surface area (Å²) in [6.07, 6.45) is 1.91. The molecule has 0 saturated heterocycles. The highest BCUT2D eigenvalue weighted by molar-refractivity contribution is 6.04. The van der Waals surface area contributed by atoms with Crippen molar-refractivity contribution in [3.8, 4) is 56.3 Å². The predicted octanol–water partition coefficient (Wildman–Crippen LogP) is 12.0. The average Bonchev–Trinajstić information content (AvgIpc) is 3.20. The Bertz CT molecular complexity index is 2750. The van der Waals surface area contributed by atoms with Crippen LogP contribution in [0, 0.1) is 6.92 Å². The molecule has 0 aliphatic heterocycles. The van der Waals surface area contributed by atoms with Crippen molar-refractivity contribution in [1.82, 2.24) is 19.9 Å². The molecule has 240 valence electrons. The summed E-state index contributed by atoms with van der Waals surface area (Å²) >= 11 is 0. The van der Waals surface area contributed by atoms with E-state index in [4.69, 9.17) is 19.9 Å². The third-order valence-corrected chi connectivity index (χ3v) is 9.58. The van der Waals surface area contributed by atoms with E-state index in [-0.39, 0.29) is 0 Å². The maximum Gasteiger partial charge on any atom is 0.0975 e. The number of hydrogen-bond donors (Lipinski definition) is 0. The number of aryl methyl sites for hydroxylation is 1. The predicted molar refractivity (Wildman–Crippen MR) is 212 cm³/mol. The zero-order valence-electron chi connectivity index (χ0n) is 28.1. The summed E-state index contributed by atoms with van der Waals surface area (Å²) in [7, 11) is 0. The Morgan fingerprint density at radius 1 is 0.431 bits per heavy atom. The lowest BCUT2D eigenvalue weighted by Gasteiger charge is -2.17. The van der Waals surface area contributed by atoms with E-state index in [2.05, 4.69) is 141 Å². The molecule has 0 aliphatic rings. The highest BCUT2D eigenvalue weighted by atomic mass is 14.8. The zero-order chi connectivity index (χ0) is 34.3. The van der Waals surface area contributed by atoms with E-state index >= 15 is 0 Å². The van der Waals surface area contributed by atoms with Crippen molar-refractivity contribution in [3.05, 3.63) is 175 Å². The monoisotopic (exact) mass is 652 g/mol. The third kappa shape index (κ3) is 5.44. The molecular weight excluding hydrogens is 621 g/mol. The Kier molecular flexibility index (Phi) is 7.48. The molecule has 0 spiro atoms. The van der Waals surface area contributed by atoms with Gasteiger partial charge in [0.25, 0.3) is 0 Å².